The summed E-state index contributed by atoms with van der Waals surface area (Å²) in [5, 5.41) is 3.10. The summed E-state index contributed by atoms with van der Waals surface area (Å²) in [5.74, 6) is 0.207. The standard InChI is InChI=1S/C5H6N4OS/c1-2-3(9-6)7-5(11)8-4(2)10/h6H,1H3,(H2,7,8,10,11). The maximum absolute atomic E-state index is 10.9. The van der Waals surface area contributed by atoms with E-state index in [0.29, 0.717) is 5.56 Å². The van der Waals surface area contributed by atoms with Crippen molar-refractivity contribution in [3.8, 4) is 0 Å². The quantitative estimate of drug-likeness (QED) is 0.439. The second-order valence-electron chi connectivity index (χ2n) is 1.99. The predicted molar refractivity (Wildman–Crippen MR) is 41.8 cm³/mol. The monoisotopic (exact) mass is 170 g/mol. The van der Waals surface area contributed by atoms with E-state index in [1.54, 1.807) is 6.92 Å². The zero-order valence-electron chi connectivity index (χ0n) is 5.76. The van der Waals surface area contributed by atoms with E-state index in [-0.39, 0.29) is 16.1 Å². The third-order valence-electron chi connectivity index (χ3n) is 1.27. The fourth-order valence-electron chi connectivity index (χ4n) is 0.649. The first-order valence-corrected chi connectivity index (χ1v) is 3.26. The molecule has 1 aromatic rings. The number of nitrogens with one attached hydrogen (secondary N) is 3. The molecule has 1 rings (SSSR count). The molecule has 58 valence electrons. The Kier molecular flexibility index (Phi) is 1.95. The topological polar surface area (TPSA) is 84.9 Å². The molecule has 0 amide bonds. The predicted octanol–water partition coefficient (Wildman–Crippen LogP) is 1.40. The van der Waals surface area contributed by atoms with E-state index in [2.05, 4.69) is 27.3 Å². The summed E-state index contributed by atoms with van der Waals surface area (Å²) in [6.07, 6.45) is 0. The Bertz CT molecular complexity index is 390. The molecule has 0 saturated carbocycles. The first-order valence-electron chi connectivity index (χ1n) is 2.86. The molecule has 0 spiro atoms. The van der Waals surface area contributed by atoms with Crippen molar-refractivity contribution in [2.45, 2.75) is 6.92 Å². The summed E-state index contributed by atoms with van der Waals surface area (Å²) in [4.78, 5) is 15.9. The first kappa shape index (κ1) is 7.80. The highest BCUT2D eigenvalue weighted by molar-refractivity contribution is 7.71. The number of aromatic amines is 2. The van der Waals surface area contributed by atoms with Gasteiger partial charge in [0.2, 0.25) is 0 Å². The third-order valence-corrected chi connectivity index (χ3v) is 1.47. The van der Waals surface area contributed by atoms with Crippen LogP contribution < -0.4 is 5.56 Å². The Morgan fingerprint density at radius 2 is 2.18 bits per heavy atom. The largest absolute Gasteiger partial charge is 0.315 e. The fourth-order valence-corrected chi connectivity index (χ4v) is 0.838. The van der Waals surface area contributed by atoms with Gasteiger partial charge in [0.1, 0.15) is 0 Å². The summed E-state index contributed by atoms with van der Waals surface area (Å²) >= 11 is 4.66. The molecule has 1 aromatic heterocycles. The van der Waals surface area contributed by atoms with Crippen LogP contribution in [0.1, 0.15) is 5.56 Å². The minimum absolute atomic E-state index is 0.187. The number of H-pyrrole nitrogens is 2. The van der Waals surface area contributed by atoms with Crippen molar-refractivity contribution in [3.63, 3.8) is 0 Å². The number of rotatable bonds is 1. The van der Waals surface area contributed by atoms with Crippen LogP contribution >= 0.6 is 12.2 Å². The van der Waals surface area contributed by atoms with Crippen molar-refractivity contribution < 1.29 is 0 Å². The average molecular weight is 170 g/mol. The van der Waals surface area contributed by atoms with Crippen LogP contribution in [0.3, 0.4) is 0 Å². The van der Waals surface area contributed by atoms with Gasteiger partial charge in [-0.3, -0.25) is 9.78 Å². The molecule has 0 radical (unpaired) electrons. The van der Waals surface area contributed by atoms with Crippen molar-refractivity contribution in [1.29, 1.82) is 5.53 Å². The molecule has 0 atom stereocenters. The fraction of sp³-hybridized carbons (Fsp3) is 0.200. The van der Waals surface area contributed by atoms with Crippen LogP contribution in [0, 0.1) is 17.2 Å². The second kappa shape index (κ2) is 2.75. The Balaban J connectivity index is 3.61. The van der Waals surface area contributed by atoms with E-state index < -0.39 is 0 Å². The summed E-state index contributed by atoms with van der Waals surface area (Å²) in [6.45, 7) is 1.57. The van der Waals surface area contributed by atoms with Crippen LogP contribution in [0.2, 0.25) is 0 Å². The minimum atomic E-state index is -0.306. The van der Waals surface area contributed by atoms with E-state index in [1.807, 2.05) is 0 Å². The van der Waals surface area contributed by atoms with Crippen molar-refractivity contribution in [1.82, 2.24) is 9.97 Å². The van der Waals surface area contributed by atoms with Crippen LogP contribution in [0.15, 0.2) is 9.91 Å². The van der Waals surface area contributed by atoms with Gasteiger partial charge in [0, 0.05) is 0 Å². The van der Waals surface area contributed by atoms with Crippen molar-refractivity contribution >= 4 is 18.0 Å². The molecule has 5 nitrogen and oxygen atoms in total. The Morgan fingerprint density at radius 1 is 1.55 bits per heavy atom. The van der Waals surface area contributed by atoms with Gasteiger partial charge in [0.15, 0.2) is 10.6 Å². The zero-order chi connectivity index (χ0) is 8.43. The molecule has 3 N–H and O–H groups in total. The molecule has 0 aliphatic heterocycles. The maximum atomic E-state index is 10.9. The Morgan fingerprint density at radius 3 is 2.73 bits per heavy atom. The number of aromatic nitrogens is 2. The van der Waals surface area contributed by atoms with E-state index in [9.17, 15) is 4.79 Å². The van der Waals surface area contributed by atoms with E-state index in [0.717, 1.165) is 0 Å². The highest BCUT2D eigenvalue weighted by Crippen LogP contribution is 2.07. The molecule has 0 saturated heterocycles. The van der Waals surface area contributed by atoms with E-state index in [4.69, 9.17) is 5.53 Å². The third kappa shape index (κ3) is 1.40. The lowest BCUT2D eigenvalue weighted by atomic mass is 10.3. The van der Waals surface area contributed by atoms with Gasteiger partial charge in [-0.25, -0.2) is 5.53 Å². The van der Waals surface area contributed by atoms with Gasteiger partial charge in [0.25, 0.3) is 5.56 Å². The van der Waals surface area contributed by atoms with E-state index in [1.165, 1.54) is 0 Å². The van der Waals surface area contributed by atoms with Gasteiger partial charge in [-0.2, -0.15) is 0 Å². The summed E-state index contributed by atoms with van der Waals surface area (Å²) < 4.78 is 0.187. The lowest BCUT2D eigenvalue weighted by molar-refractivity contribution is 0.995. The van der Waals surface area contributed by atoms with Crippen molar-refractivity contribution in [3.05, 3.63) is 20.7 Å². The first-order chi connectivity index (χ1) is 5.15. The number of hydrogen-bond acceptors (Lipinski definition) is 4. The highest BCUT2D eigenvalue weighted by atomic mass is 32.1. The Labute approximate surface area is 67.0 Å². The van der Waals surface area contributed by atoms with Crippen molar-refractivity contribution in [2.75, 3.05) is 0 Å². The van der Waals surface area contributed by atoms with Crippen LogP contribution in [-0.2, 0) is 0 Å². The molecule has 0 bridgehead atoms. The van der Waals surface area contributed by atoms with Gasteiger partial charge in [-0.05, 0) is 19.1 Å². The number of hydrogen-bond donors (Lipinski definition) is 3. The lowest BCUT2D eigenvalue weighted by Crippen LogP contribution is -2.10. The summed E-state index contributed by atoms with van der Waals surface area (Å²) in [5.41, 5.74) is 6.74. The maximum Gasteiger partial charge on any atom is 0.256 e. The van der Waals surface area contributed by atoms with Gasteiger partial charge >= 0.3 is 0 Å². The minimum Gasteiger partial charge on any atom is -0.315 e. The Hall–Kier alpha value is -1.30. The van der Waals surface area contributed by atoms with Crippen LogP contribution in [0.5, 0.6) is 0 Å². The SMILES string of the molecule is Cc1c(N=N)[nH]c(=S)[nH]c1=O. The molecule has 0 unspecified atom stereocenters. The smallest absolute Gasteiger partial charge is 0.256 e. The average Bonchev–Trinajstić information content (AvgIpc) is 1.96. The van der Waals surface area contributed by atoms with Crippen molar-refractivity contribution in [2.24, 2.45) is 5.11 Å². The second-order valence-corrected chi connectivity index (χ2v) is 2.40. The number of nitrogens with zero attached hydrogens (tertiary/aromatic N) is 1. The molecule has 0 aliphatic carbocycles. The molecular weight excluding hydrogens is 164 g/mol. The molecule has 1 heterocycles. The molecule has 11 heavy (non-hydrogen) atoms. The molecule has 0 fully saturated rings. The highest BCUT2D eigenvalue weighted by Gasteiger charge is 1.99. The molecule has 0 aliphatic rings. The van der Waals surface area contributed by atoms with E-state index >= 15 is 0 Å². The van der Waals surface area contributed by atoms with Crippen LogP contribution in [0.4, 0.5) is 5.82 Å². The molecule has 6 heteroatoms. The molecular formula is C5H6N4OS. The van der Waals surface area contributed by atoms with Gasteiger partial charge < -0.3 is 4.98 Å². The van der Waals surface area contributed by atoms with Crippen LogP contribution in [-0.4, -0.2) is 9.97 Å². The summed E-state index contributed by atoms with van der Waals surface area (Å²) in [7, 11) is 0. The zero-order valence-corrected chi connectivity index (χ0v) is 6.58. The van der Waals surface area contributed by atoms with Gasteiger partial charge in [-0.15, -0.1) is 5.11 Å². The molecule has 0 aromatic carbocycles. The van der Waals surface area contributed by atoms with Crippen LogP contribution in [0.25, 0.3) is 0 Å². The summed E-state index contributed by atoms with van der Waals surface area (Å²) in [6, 6.07) is 0. The lowest BCUT2D eigenvalue weighted by Gasteiger charge is -1.94. The van der Waals surface area contributed by atoms with Gasteiger partial charge in [-0.1, -0.05) is 0 Å². The van der Waals surface area contributed by atoms with Gasteiger partial charge in [0.05, 0.1) is 5.56 Å². The normalized spacial score (nSPS) is 9.55.